The Morgan fingerprint density at radius 3 is 2.55 bits per heavy atom. The molecule has 2 N–H and O–H groups in total. The van der Waals surface area contributed by atoms with Crippen LogP contribution in [0.5, 0.6) is 0 Å². The molecule has 0 aliphatic heterocycles. The monoisotopic (exact) mass is 333 g/mol. The Hall–Kier alpha value is -1.55. The van der Waals surface area contributed by atoms with Crippen molar-refractivity contribution in [2.45, 2.75) is 26.8 Å². The van der Waals surface area contributed by atoms with E-state index in [-0.39, 0.29) is 0 Å². The zero-order valence-corrected chi connectivity index (χ0v) is 13.5. The first kappa shape index (κ1) is 14.9. The first-order valence-corrected chi connectivity index (χ1v) is 7.61. The topological polar surface area (TPSA) is 42.1 Å². The van der Waals surface area contributed by atoms with Gasteiger partial charge in [0.2, 0.25) is 0 Å². The van der Waals surface area contributed by atoms with Gasteiger partial charge < -0.3 is 10.6 Å². The molecule has 0 fully saturated rings. The number of hydrogen-bond donors (Lipinski definition) is 1. The van der Waals surface area contributed by atoms with Crippen molar-refractivity contribution in [1.29, 1.82) is 0 Å². The molecule has 0 bridgehead atoms. The number of rotatable bonds is 5. The van der Waals surface area contributed by atoms with Crippen LogP contribution in [-0.4, -0.2) is 11.5 Å². The largest absolute Gasteiger partial charge is 0.399 e. The molecule has 1 aromatic carbocycles. The van der Waals surface area contributed by atoms with E-state index >= 15 is 0 Å². The minimum absolute atomic E-state index is 0.799. The Bertz CT molecular complexity index is 566. The number of nitrogen functional groups attached to an aromatic ring is 1. The maximum atomic E-state index is 5.73. The van der Waals surface area contributed by atoms with Gasteiger partial charge in [-0.25, -0.2) is 4.98 Å². The fourth-order valence-electron chi connectivity index (χ4n) is 2.09. The second kappa shape index (κ2) is 6.75. The summed E-state index contributed by atoms with van der Waals surface area (Å²) in [6.45, 7) is 6.10. The fourth-order valence-corrected chi connectivity index (χ4v) is 2.30. The van der Waals surface area contributed by atoms with Crippen molar-refractivity contribution in [3.05, 3.63) is 52.1 Å². The lowest BCUT2D eigenvalue weighted by atomic mass is 10.2. The molecule has 106 valence electrons. The predicted octanol–water partition coefficient (Wildman–Crippen LogP) is 4.15. The summed E-state index contributed by atoms with van der Waals surface area (Å²) < 4.78 is 1.05. The molecule has 2 rings (SSSR count). The van der Waals surface area contributed by atoms with Crippen LogP contribution in [0.2, 0.25) is 0 Å². The number of anilines is 2. The third-order valence-electron chi connectivity index (χ3n) is 3.20. The van der Waals surface area contributed by atoms with E-state index in [1.54, 1.807) is 0 Å². The highest BCUT2D eigenvalue weighted by Crippen LogP contribution is 2.22. The quantitative estimate of drug-likeness (QED) is 0.835. The van der Waals surface area contributed by atoms with Crippen LogP contribution in [0, 0.1) is 6.92 Å². The summed E-state index contributed by atoms with van der Waals surface area (Å²) in [5.74, 6) is 1.02. The van der Waals surface area contributed by atoms with Gasteiger partial charge in [-0.05, 0) is 58.6 Å². The Kier molecular flexibility index (Phi) is 5.01. The third kappa shape index (κ3) is 3.73. The maximum absolute atomic E-state index is 5.73. The molecule has 4 heteroatoms. The molecular formula is C16H20BrN3. The first-order valence-electron chi connectivity index (χ1n) is 6.81. The van der Waals surface area contributed by atoms with Crippen LogP contribution >= 0.6 is 15.9 Å². The summed E-state index contributed by atoms with van der Waals surface area (Å²) in [4.78, 5) is 6.82. The number of benzene rings is 1. The van der Waals surface area contributed by atoms with Gasteiger partial charge in [0.25, 0.3) is 0 Å². The van der Waals surface area contributed by atoms with Crippen molar-refractivity contribution in [3.63, 3.8) is 0 Å². The lowest BCUT2D eigenvalue weighted by Crippen LogP contribution is -2.24. The Morgan fingerprint density at radius 1 is 1.25 bits per heavy atom. The highest BCUT2D eigenvalue weighted by Gasteiger charge is 2.09. The van der Waals surface area contributed by atoms with Crippen LogP contribution < -0.4 is 10.6 Å². The molecule has 20 heavy (non-hydrogen) atoms. The zero-order valence-electron chi connectivity index (χ0n) is 11.9. The third-order valence-corrected chi connectivity index (χ3v) is 4.03. The first-order chi connectivity index (χ1) is 9.60. The smallest absolute Gasteiger partial charge is 0.129 e. The Morgan fingerprint density at radius 2 is 1.95 bits per heavy atom. The summed E-state index contributed by atoms with van der Waals surface area (Å²) in [5.41, 5.74) is 8.98. The average molecular weight is 334 g/mol. The number of nitrogens with zero attached hydrogens (tertiary/aromatic N) is 2. The zero-order chi connectivity index (χ0) is 14.5. The second-order valence-electron chi connectivity index (χ2n) is 4.95. The molecule has 0 spiro atoms. The molecule has 0 atom stereocenters. The molecule has 2 aromatic rings. The fraction of sp³-hybridized carbons (Fsp3) is 0.312. The summed E-state index contributed by atoms with van der Waals surface area (Å²) in [6.07, 6.45) is 2.96. The lowest BCUT2D eigenvalue weighted by molar-refractivity contribution is 0.754. The van der Waals surface area contributed by atoms with Crippen LogP contribution in [0.3, 0.4) is 0 Å². The number of aryl methyl sites for hydroxylation is 1. The van der Waals surface area contributed by atoms with Gasteiger partial charge >= 0.3 is 0 Å². The van der Waals surface area contributed by atoms with Crippen molar-refractivity contribution in [2.75, 3.05) is 17.2 Å². The van der Waals surface area contributed by atoms with E-state index in [2.05, 4.69) is 57.9 Å². The van der Waals surface area contributed by atoms with Gasteiger partial charge in [0.1, 0.15) is 5.82 Å². The van der Waals surface area contributed by atoms with Crippen molar-refractivity contribution in [2.24, 2.45) is 0 Å². The van der Waals surface area contributed by atoms with E-state index < -0.39 is 0 Å². The van der Waals surface area contributed by atoms with Crippen molar-refractivity contribution in [3.8, 4) is 0 Å². The van der Waals surface area contributed by atoms with Crippen LogP contribution in [-0.2, 0) is 6.54 Å². The molecule has 0 unspecified atom stereocenters. The Balaban J connectivity index is 2.21. The number of pyridine rings is 1. The molecule has 1 aromatic heterocycles. The van der Waals surface area contributed by atoms with E-state index in [1.165, 1.54) is 11.1 Å². The van der Waals surface area contributed by atoms with Gasteiger partial charge in [0.15, 0.2) is 0 Å². The highest BCUT2D eigenvalue weighted by molar-refractivity contribution is 9.10. The van der Waals surface area contributed by atoms with Gasteiger partial charge in [-0.1, -0.05) is 19.1 Å². The minimum Gasteiger partial charge on any atom is -0.399 e. The van der Waals surface area contributed by atoms with Gasteiger partial charge in [0.05, 0.1) is 0 Å². The van der Waals surface area contributed by atoms with E-state index in [0.29, 0.717) is 0 Å². The molecule has 0 amide bonds. The molecule has 0 aliphatic carbocycles. The molecule has 0 radical (unpaired) electrons. The van der Waals surface area contributed by atoms with Gasteiger partial charge in [0, 0.05) is 29.4 Å². The minimum atomic E-state index is 0.799. The normalized spacial score (nSPS) is 10.6. The van der Waals surface area contributed by atoms with Crippen LogP contribution in [0.4, 0.5) is 11.5 Å². The van der Waals surface area contributed by atoms with Crippen LogP contribution in [0.1, 0.15) is 24.5 Å². The lowest BCUT2D eigenvalue weighted by Gasteiger charge is -2.24. The van der Waals surface area contributed by atoms with E-state index in [1.807, 2.05) is 18.3 Å². The molecule has 0 saturated carbocycles. The number of hydrogen-bond acceptors (Lipinski definition) is 3. The number of nitrogens with two attached hydrogens (primary N) is 1. The summed E-state index contributed by atoms with van der Waals surface area (Å²) in [6, 6.07) is 10.2. The standard InChI is InChI=1S/C16H20BrN3/c1-3-8-20(11-13-4-6-14(18)7-5-13)16-9-12(2)15(17)10-19-16/h4-7,9-10H,3,8,11,18H2,1-2H3. The van der Waals surface area contributed by atoms with Crippen LogP contribution in [0.15, 0.2) is 41.0 Å². The second-order valence-corrected chi connectivity index (χ2v) is 5.81. The molecule has 0 saturated heterocycles. The molecular weight excluding hydrogens is 314 g/mol. The van der Waals surface area contributed by atoms with E-state index in [0.717, 1.165) is 35.5 Å². The molecule has 3 nitrogen and oxygen atoms in total. The van der Waals surface area contributed by atoms with Crippen molar-refractivity contribution < 1.29 is 0 Å². The SMILES string of the molecule is CCCN(Cc1ccc(N)cc1)c1cc(C)c(Br)cn1. The molecule has 0 aliphatic rings. The van der Waals surface area contributed by atoms with E-state index in [9.17, 15) is 0 Å². The summed E-state index contributed by atoms with van der Waals surface area (Å²) in [5, 5.41) is 0. The predicted molar refractivity (Wildman–Crippen MR) is 88.9 cm³/mol. The number of aromatic nitrogens is 1. The Labute approximate surface area is 129 Å². The summed E-state index contributed by atoms with van der Waals surface area (Å²) >= 11 is 3.50. The van der Waals surface area contributed by atoms with Gasteiger partial charge in [-0.3, -0.25) is 0 Å². The van der Waals surface area contributed by atoms with E-state index in [4.69, 9.17) is 5.73 Å². The average Bonchev–Trinajstić information content (AvgIpc) is 2.44. The maximum Gasteiger partial charge on any atom is 0.129 e. The van der Waals surface area contributed by atoms with Crippen LogP contribution in [0.25, 0.3) is 0 Å². The van der Waals surface area contributed by atoms with Gasteiger partial charge in [-0.15, -0.1) is 0 Å². The number of halogens is 1. The van der Waals surface area contributed by atoms with Crippen molar-refractivity contribution >= 4 is 27.4 Å². The molecule has 1 heterocycles. The van der Waals surface area contributed by atoms with Gasteiger partial charge in [-0.2, -0.15) is 0 Å². The highest BCUT2D eigenvalue weighted by atomic mass is 79.9. The summed E-state index contributed by atoms with van der Waals surface area (Å²) in [7, 11) is 0. The van der Waals surface area contributed by atoms with Crippen molar-refractivity contribution in [1.82, 2.24) is 4.98 Å².